The Bertz CT molecular complexity index is 742. The topological polar surface area (TPSA) is 124 Å². The van der Waals surface area contributed by atoms with Crippen LogP contribution in [-0.4, -0.2) is 67.5 Å². The van der Waals surface area contributed by atoms with Gasteiger partial charge in [-0.15, -0.1) is 34.7 Å². The van der Waals surface area contributed by atoms with Gasteiger partial charge in [0, 0.05) is 10.6 Å². The van der Waals surface area contributed by atoms with Crippen molar-refractivity contribution in [3.63, 3.8) is 0 Å². The maximum Gasteiger partial charge on any atom is 0.327 e. The van der Waals surface area contributed by atoms with Crippen LogP contribution in [0.25, 0.3) is 0 Å². The van der Waals surface area contributed by atoms with Crippen LogP contribution in [0, 0.1) is 0 Å². The number of carbonyl (C=O) groups excluding carboxylic acids is 2. The summed E-state index contributed by atoms with van der Waals surface area (Å²) in [5, 5.41) is 22.2. The number of alkyl halides is 1. The van der Waals surface area contributed by atoms with Gasteiger partial charge in [-0.2, -0.15) is 0 Å². The molecule has 1 aromatic rings. The summed E-state index contributed by atoms with van der Waals surface area (Å²) in [6.45, 7) is -0.153. The summed E-state index contributed by atoms with van der Waals surface area (Å²) in [6, 6.07) is 2.30. The van der Waals surface area contributed by atoms with Gasteiger partial charge in [-0.05, 0) is 11.4 Å². The summed E-state index contributed by atoms with van der Waals surface area (Å²) in [5.74, 6) is -5.05. The number of thioether (sulfide) groups is 1. The lowest BCUT2D eigenvalue weighted by molar-refractivity contribution is -0.154. The molecule has 134 valence electrons. The molecule has 8 nitrogen and oxygen atoms in total. The van der Waals surface area contributed by atoms with Gasteiger partial charge in [0.15, 0.2) is 10.8 Å². The number of aliphatic carboxylic acids is 2. The molecule has 2 fully saturated rings. The summed E-state index contributed by atoms with van der Waals surface area (Å²) < 4.78 is 0. The number of carboxylic acids is 2. The number of nitrogens with one attached hydrogen (secondary N) is 1. The van der Waals surface area contributed by atoms with Gasteiger partial charge in [0.2, 0.25) is 11.8 Å². The van der Waals surface area contributed by atoms with Crippen molar-refractivity contribution in [2.45, 2.75) is 22.2 Å². The van der Waals surface area contributed by atoms with E-state index in [-0.39, 0.29) is 12.3 Å². The Kier molecular flexibility index (Phi) is 4.69. The number of hydrogen-bond acceptors (Lipinski definition) is 6. The molecule has 0 saturated carbocycles. The second kappa shape index (κ2) is 6.50. The Balaban J connectivity index is 1.69. The van der Waals surface area contributed by atoms with Gasteiger partial charge in [-0.3, -0.25) is 19.2 Å². The highest BCUT2D eigenvalue weighted by molar-refractivity contribution is 8.00. The molecule has 1 aromatic heterocycles. The number of halogens is 1. The van der Waals surface area contributed by atoms with E-state index >= 15 is 0 Å². The minimum atomic E-state index is -1.55. The van der Waals surface area contributed by atoms with E-state index in [0.717, 1.165) is 23.1 Å². The van der Waals surface area contributed by atoms with E-state index in [2.05, 4.69) is 5.32 Å². The largest absolute Gasteiger partial charge is 0.480 e. The number of amides is 2. The molecule has 0 spiro atoms. The Labute approximate surface area is 155 Å². The second-order valence-corrected chi connectivity index (χ2v) is 8.52. The molecule has 0 radical (unpaired) electrons. The average molecular weight is 405 g/mol. The molecule has 2 aliphatic heterocycles. The SMILES string of the molecule is O=C(O)C(C(=O)NC1C(=O)N2CC(Cl)(C(=O)O)CS[C@H]12)c1cccs1. The summed E-state index contributed by atoms with van der Waals surface area (Å²) in [7, 11) is 0. The minimum absolute atomic E-state index is 0.0813. The third-order valence-electron chi connectivity index (χ3n) is 4.06. The van der Waals surface area contributed by atoms with Crippen molar-refractivity contribution in [3.8, 4) is 0 Å². The van der Waals surface area contributed by atoms with Crippen LogP contribution < -0.4 is 5.32 Å². The summed E-state index contributed by atoms with van der Waals surface area (Å²) in [4.78, 5) is 47.3. The second-order valence-electron chi connectivity index (χ2n) is 5.71. The molecule has 3 N–H and O–H groups in total. The van der Waals surface area contributed by atoms with Crippen molar-refractivity contribution in [2.24, 2.45) is 0 Å². The number of carboxylic acid groups (broad SMARTS) is 2. The normalized spacial score (nSPS) is 29.3. The van der Waals surface area contributed by atoms with Crippen molar-refractivity contribution in [1.29, 1.82) is 0 Å². The van der Waals surface area contributed by atoms with Crippen LogP contribution in [0.2, 0.25) is 0 Å². The van der Waals surface area contributed by atoms with Gasteiger partial charge in [0.25, 0.3) is 0 Å². The number of fused-ring (bicyclic) bond motifs is 1. The first-order valence-electron chi connectivity index (χ1n) is 7.15. The number of carbonyl (C=O) groups is 4. The first-order valence-corrected chi connectivity index (χ1v) is 9.46. The monoisotopic (exact) mass is 404 g/mol. The molecule has 4 atom stereocenters. The van der Waals surface area contributed by atoms with Crippen molar-refractivity contribution < 1.29 is 29.4 Å². The summed E-state index contributed by atoms with van der Waals surface area (Å²) in [5.41, 5.74) is 0. The van der Waals surface area contributed by atoms with Crippen LogP contribution in [0.4, 0.5) is 0 Å². The van der Waals surface area contributed by atoms with E-state index in [0.29, 0.717) is 4.88 Å². The maximum atomic E-state index is 12.4. The zero-order valence-corrected chi connectivity index (χ0v) is 14.9. The smallest absolute Gasteiger partial charge is 0.327 e. The number of rotatable bonds is 5. The van der Waals surface area contributed by atoms with E-state index < -0.39 is 46.0 Å². The first-order chi connectivity index (χ1) is 11.7. The Morgan fingerprint density at radius 2 is 2.12 bits per heavy atom. The lowest BCUT2D eigenvalue weighted by Crippen LogP contribution is -2.74. The third-order valence-corrected chi connectivity index (χ3v) is 7.10. The molecule has 0 aliphatic carbocycles. The van der Waals surface area contributed by atoms with E-state index in [9.17, 15) is 24.3 Å². The van der Waals surface area contributed by atoms with Crippen LogP contribution in [0.1, 0.15) is 10.8 Å². The number of hydrogen-bond donors (Lipinski definition) is 3. The Morgan fingerprint density at radius 1 is 1.40 bits per heavy atom. The van der Waals surface area contributed by atoms with Gasteiger partial charge < -0.3 is 20.4 Å². The highest BCUT2D eigenvalue weighted by atomic mass is 35.5. The van der Waals surface area contributed by atoms with E-state index in [1.54, 1.807) is 17.5 Å². The Morgan fingerprint density at radius 3 is 2.68 bits per heavy atom. The van der Waals surface area contributed by atoms with Gasteiger partial charge in [0.1, 0.15) is 11.4 Å². The molecule has 0 aromatic carbocycles. The van der Waals surface area contributed by atoms with E-state index in [1.165, 1.54) is 4.90 Å². The molecule has 2 amide bonds. The number of thiophene rings is 1. The molecule has 3 rings (SSSR count). The van der Waals surface area contributed by atoms with Crippen molar-refractivity contribution >= 4 is 58.5 Å². The first kappa shape index (κ1) is 18.0. The third kappa shape index (κ3) is 3.09. The highest BCUT2D eigenvalue weighted by Gasteiger charge is 2.57. The zero-order valence-electron chi connectivity index (χ0n) is 12.5. The van der Waals surface area contributed by atoms with Gasteiger partial charge in [-0.1, -0.05) is 6.07 Å². The molecular weight excluding hydrogens is 392 g/mol. The van der Waals surface area contributed by atoms with Crippen molar-refractivity contribution in [2.75, 3.05) is 12.3 Å². The van der Waals surface area contributed by atoms with Crippen molar-refractivity contribution in [3.05, 3.63) is 22.4 Å². The standard InChI is InChI=1S/C14H13ClN2O6S2/c15-14(13(22)23)4-17-10(19)8(11(17)25-5-14)16-9(18)7(12(20)21)6-2-1-3-24-6/h1-3,7-8,11H,4-5H2,(H,16,18)(H,20,21)(H,22,23)/t7?,8?,11-,14?/m1/s1. The van der Waals surface area contributed by atoms with Crippen LogP contribution in [0.3, 0.4) is 0 Å². The minimum Gasteiger partial charge on any atom is -0.480 e. The van der Waals surface area contributed by atoms with Gasteiger partial charge in [-0.25, -0.2) is 0 Å². The predicted octanol–water partition coefficient (Wildman–Crippen LogP) is 0.378. The number of nitrogens with zero attached hydrogens (tertiary/aromatic N) is 1. The quantitative estimate of drug-likeness (QED) is 0.368. The Hall–Kier alpha value is -1.78. The molecule has 2 aliphatic rings. The predicted molar refractivity (Wildman–Crippen MR) is 90.8 cm³/mol. The van der Waals surface area contributed by atoms with Crippen LogP contribution in [-0.2, 0) is 19.2 Å². The van der Waals surface area contributed by atoms with E-state index in [4.69, 9.17) is 16.7 Å². The fourth-order valence-electron chi connectivity index (χ4n) is 2.73. The molecule has 3 unspecified atom stereocenters. The van der Waals surface area contributed by atoms with Crippen molar-refractivity contribution in [1.82, 2.24) is 10.2 Å². The fraction of sp³-hybridized carbons (Fsp3) is 0.429. The molecule has 2 saturated heterocycles. The fourth-order valence-corrected chi connectivity index (χ4v) is 5.25. The van der Waals surface area contributed by atoms with Gasteiger partial charge >= 0.3 is 11.9 Å². The molecule has 3 heterocycles. The average Bonchev–Trinajstić information content (AvgIpc) is 3.06. The lowest BCUT2D eigenvalue weighted by Gasteiger charge is -2.52. The summed E-state index contributed by atoms with van der Waals surface area (Å²) >= 11 is 8.30. The van der Waals surface area contributed by atoms with Crippen LogP contribution in [0.5, 0.6) is 0 Å². The van der Waals surface area contributed by atoms with Crippen LogP contribution in [0.15, 0.2) is 17.5 Å². The molecule has 25 heavy (non-hydrogen) atoms. The number of β-lactam (4-membered cyclic amide) rings is 1. The molecule has 11 heteroatoms. The van der Waals surface area contributed by atoms with E-state index in [1.807, 2.05) is 0 Å². The van der Waals surface area contributed by atoms with Crippen LogP contribution >= 0.6 is 34.7 Å². The maximum absolute atomic E-state index is 12.4. The zero-order chi connectivity index (χ0) is 18.4. The molecular formula is C14H13ClN2O6S2. The lowest BCUT2D eigenvalue weighted by atomic mass is 10.0. The highest BCUT2D eigenvalue weighted by Crippen LogP contribution is 2.41. The van der Waals surface area contributed by atoms with Gasteiger partial charge in [0.05, 0.1) is 6.54 Å². The summed E-state index contributed by atoms with van der Waals surface area (Å²) in [6.07, 6.45) is 0. The molecule has 0 bridgehead atoms.